The number of hydrogen-bond donors (Lipinski definition) is 1. The quantitative estimate of drug-likeness (QED) is 0.787. The van der Waals surface area contributed by atoms with Gasteiger partial charge in [-0.25, -0.2) is 8.78 Å². The maximum absolute atomic E-state index is 14.2. The molecule has 2 nitrogen and oxygen atoms in total. The highest BCUT2D eigenvalue weighted by Gasteiger charge is 2.37. The fourth-order valence-corrected chi connectivity index (χ4v) is 2.63. The number of nitrogens with one attached hydrogen (secondary N) is 1. The van der Waals surface area contributed by atoms with Crippen LogP contribution in [0, 0.1) is 11.6 Å². The lowest BCUT2D eigenvalue weighted by molar-refractivity contribution is -0.0562. The van der Waals surface area contributed by atoms with E-state index in [0.29, 0.717) is 13.0 Å². The zero-order valence-electron chi connectivity index (χ0n) is 11.7. The van der Waals surface area contributed by atoms with Gasteiger partial charge < -0.3 is 10.1 Å². The molecule has 0 bridgehead atoms. The number of likely N-dealkylation sites (N-methyl/N-ethyl adjacent to an activating group) is 1. The van der Waals surface area contributed by atoms with E-state index >= 15 is 0 Å². The Morgan fingerprint density at radius 1 is 1.37 bits per heavy atom. The van der Waals surface area contributed by atoms with Crippen LogP contribution in [0.2, 0.25) is 0 Å². The number of halogens is 3. The summed E-state index contributed by atoms with van der Waals surface area (Å²) in [5, 5.41) is 2.98. The maximum Gasteiger partial charge on any atom is 0.145 e. The third-order valence-corrected chi connectivity index (χ3v) is 4.06. The third kappa shape index (κ3) is 3.33. The van der Waals surface area contributed by atoms with Gasteiger partial charge in [-0.1, -0.05) is 6.92 Å². The average Bonchev–Trinajstić information content (AvgIpc) is 2.39. The molecule has 0 spiro atoms. The molecule has 0 aromatic heterocycles. The molecule has 1 aromatic carbocycles. The maximum atomic E-state index is 14.2. The molecule has 0 amide bonds. The highest BCUT2D eigenvalue weighted by Crippen LogP contribution is 2.36. The van der Waals surface area contributed by atoms with Crippen molar-refractivity contribution >= 4 is 15.9 Å². The Morgan fingerprint density at radius 2 is 2.00 bits per heavy atom. The molecule has 1 N–H and O–H groups in total. The van der Waals surface area contributed by atoms with Crippen LogP contribution >= 0.6 is 15.9 Å². The predicted molar refractivity (Wildman–Crippen MR) is 76.2 cm³/mol. The first-order valence-electron chi connectivity index (χ1n) is 6.35. The smallest absolute Gasteiger partial charge is 0.145 e. The summed E-state index contributed by atoms with van der Waals surface area (Å²) >= 11 is 3.10. The predicted octanol–water partition coefficient (Wildman–Crippen LogP) is 4.19. The van der Waals surface area contributed by atoms with Crippen molar-refractivity contribution in [3.8, 4) is 0 Å². The molecule has 2 unspecified atom stereocenters. The van der Waals surface area contributed by atoms with Crippen molar-refractivity contribution in [1.29, 1.82) is 0 Å². The molecule has 0 aliphatic carbocycles. The molecule has 2 atom stereocenters. The summed E-state index contributed by atoms with van der Waals surface area (Å²) < 4.78 is 34.2. The Balaban J connectivity index is 3.34. The average molecular weight is 336 g/mol. The van der Waals surface area contributed by atoms with Gasteiger partial charge in [-0.2, -0.15) is 0 Å². The zero-order valence-corrected chi connectivity index (χ0v) is 13.3. The first kappa shape index (κ1) is 16.5. The summed E-state index contributed by atoms with van der Waals surface area (Å²) in [5.74, 6) is -1.15. The van der Waals surface area contributed by atoms with Gasteiger partial charge in [0.25, 0.3) is 0 Å². The summed E-state index contributed by atoms with van der Waals surface area (Å²) in [4.78, 5) is 0. The van der Waals surface area contributed by atoms with Crippen molar-refractivity contribution in [2.24, 2.45) is 0 Å². The van der Waals surface area contributed by atoms with Crippen LogP contribution in [0.1, 0.15) is 38.8 Å². The summed E-state index contributed by atoms with van der Waals surface area (Å²) in [6.45, 7) is 6.15. The van der Waals surface area contributed by atoms with Crippen molar-refractivity contribution in [2.75, 3.05) is 13.7 Å². The van der Waals surface area contributed by atoms with Gasteiger partial charge in [0.05, 0.1) is 16.1 Å². The van der Waals surface area contributed by atoms with E-state index in [0.717, 1.165) is 0 Å². The Morgan fingerprint density at radius 3 is 2.47 bits per heavy atom. The Labute approximate surface area is 121 Å². The van der Waals surface area contributed by atoms with E-state index in [1.165, 1.54) is 12.1 Å². The first-order valence-corrected chi connectivity index (χ1v) is 7.15. The second kappa shape index (κ2) is 6.77. The van der Waals surface area contributed by atoms with Gasteiger partial charge in [-0.3, -0.25) is 0 Å². The van der Waals surface area contributed by atoms with Crippen molar-refractivity contribution in [3.63, 3.8) is 0 Å². The minimum absolute atomic E-state index is 0.00896. The lowest BCUT2D eigenvalue weighted by atomic mass is 9.87. The molecule has 0 radical (unpaired) electrons. The summed E-state index contributed by atoms with van der Waals surface area (Å²) in [7, 11) is 1.68. The van der Waals surface area contributed by atoms with Crippen molar-refractivity contribution in [3.05, 3.63) is 33.8 Å². The summed E-state index contributed by atoms with van der Waals surface area (Å²) in [6.07, 6.45) is 0.637. The van der Waals surface area contributed by atoms with Crippen LogP contribution in [0.4, 0.5) is 8.78 Å². The molecule has 0 saturated carbocycles. The molecule has 19 heavy (non-hydrogen) atoms. The second-order valence-electron chi connectivity index (χ2n) is 4.58. The van der Waals surface area contributed by atoms with E-state index in [9.17, 15) is 8.78 Å². The highest BCUT2D eigenvalue weighted by atomic mass is 79.9. The van der Waals surface area contributed by atoms with Crippen LogP contribution in [-0.2, 0) is 4.74 Å². The van der Waals surface area contributed by atoms with Gasteiger partial charge >= 0.3 is 0 Å². The normalized spacial score (nSPS) is 16.2. The van der Waals surface area contributed by atoms with E-state index in [4.69, 9.17) is 4.74 Å². The van der Waals surface area contributed by atoms with Crippen LogP contribution < -0.4 is 5.32 Å². The number of ether oxygens (including phenoxy) is 1. The Bertz CT molecular complexity index is 442. The summed E-state index contributed by atoms with van der Waals surface area (Å²) in [5.41, 5.74) is -0.666. The summed E-state index contributed by atoms with van der Waals surface area (Å²) in [6, 6.07) is 2.06. The second-order valence-corrected chi connectivity index (χ2v) is 5.43. The lowest BCUT2D eigenvalue weighted by Gasteiger charge is -2.37. The molecule has 0 aliphatic heterocycles. The molecular formula is C14H20BrF2NO. The van der Waals surface area contributed by atoms with Crippen molar-refractivity contribution in [2.45, 2.75) is 38.8 Å². The van der Waals surface area contributed by atoms with Crippen molar-refractivity contribution < 1.29 is 13.5 Å². The van der Waals surface area contributed by atoms with E-state index in [-0.39, 0.29) is 10.0 Å². The molecule has 5 heteroatoms. The van der Waals surface area contributed by atoms with Crippen LogP contribution in [0.25, 0.3) is 0 Å². The fraction of sp³-hybridized carbons (Fsp3) is 0.571. The van der Waals surface area contributed by atoms with E-state index in [1.807, 2.05) is 20.8 Å². The molecule has 1 rings (SSSR count). The first-order chi connectivity index (χ1) is 8.91. The number of rotatable bonds is 6. The van der Waals surface area contributed by atoms with E-state index < -0.39 is 23.3 Å². The lowest BCUT2D eigenvalue weighted by Crippen LogP contribution is -2.43. The van der Waals surface area contributed by atoms with Crippen molar-refractivity contribution in [1.82, 2.24) is 5.32 Å². The topological polar surface area (TPSA) is 21.3 Å². The van der Waals surface area contributed by atoms with Gasteiger partial charge in [0.15, 0.2) is 0 Å². The molecule has 0 saturated heterocycles. The molecule has 0 aliphatic rings. The van der Waals surface area contributed by atoms with Crippen LogP contribution in [0.15, 0.2) is 16.6 Å². The Kier molecular flexibility index (Phi) is 5.89. The van der Waals surface area contributed by atoms with Gasteiger partial charge in [-0.05, 0) is 55.4 Å². The molecule has 108 valence electrons. The van der Waals surface area contributed by atoms with Gasteiger partial charge in [0.2, 0.25) is 0 Å². The van der Waals surface area contributed by atoms with Crippen LogP contribution in [0.3, 0.4) is 0 Å². The standard InChI is InChI=1S/C14H20BrF2NO/c1-5-14(3,19-6-2)13(18-4)11-10(16)8-7-9(15)12(11)17/h7-8,13,18H,5-6H2,1-4H3. The van der Waals surface area contributed by atoms with Gasteiger partial charge in [0, 0.05) is 12.2 Å². The van der Waals surface area contributed by atoms with Gasteiger partial charge in [-0.15, -0.1) is 0 Å². The largest absolute Gasteiger partial charge is 0.374 e. The third-order valence-electron chi connectivity index (χ3n) is 3.44. The van der Waals surface area contributed by atoms with E-state index in [1.54, 1.807) is 7.05 Å². The number of benzene rings is 1. The molecule has 1 aromatic rings. The highest BCUT2D eigenvalue weighted by molar-refractivity contribution is 9.10. The molecular weight excluding hydrogens is 316 g/mol. The number of hydrogen-bond acceptors (Lipinski definition) is 2. The zero-order chi connectivity index (χ0) is 14.6. The molecule has 0 fully saturated rings. The van der Waals surface area contributed by atoms with E-state index in [2.05, 4.69) is 21.2 Å². The van der Waals surface area contributed by atoms with Crippen LogP contribution in [0.5, 0.6) is 0 Å². The SMILES string of the molecule is CCOC(C)(CC)C(NC)c1c(F)ccc(Br)c1F. The van der Waals surface area contributed by atoms with Crippen LogP contribution in [-0.4, -0.2) is 19.3 Å². The molecule has 0 heterocycles. The Hall–Kier alpha value is -0.520. The fourth-order valence-electron chi connectivity index (χ4n) is 2.28. The van der Waals surface area contributed by atoms with Gasteiger partial charge in [0.1, 0.15) is 11.6 Å². The monoisotopic (exact) mass is 335 g/mol. The minimum atomic E-state index is -0.675. The minimum Gasteiger partial charge on any atom is -0.374 e.